The maximum Gasteiger partial charge on any atom is 0.263 e. The van der Waals surface area contributed by atoms with Crippen molar-refractivity contribution in [2.24, 2.45) is 5.92 Å². The SMILES string of the molecule is O=C(c1cc2ccccc2s1)N1CCCC(CCl)C1. The monoisotopic (exact) mass is 293 g/mol. The number of hydrogen-bond acceptors (Lipinski definition) is 2. The molecule has 2 aromatic rings. The highest BCUT2D eigenvalue weighted by atomic mass is 35.5. The summed E-state index contributed by atoms with van der Waals surface area (Å²) >= 11 is 7.51. The van der Waals surface area contributed by atoms with Crippen molar-refractivity contribution in [3.05, 3.63) is 35.2 Å². The molecule has 1 aromatic heterocycles. The number of benzene rings is 1. The second-order valence-corrected chi connectivity index (χ2v) is 6.45. The lowest BCUT2D eigenvalue weighted by atomic mass is 10.00. The van der Waals surface area contributed by atoms with Crippen molar-refractivity contribution >= 4 is 38.9 Å². The topological polar surface area (TPSA) is 20.3 Å². The van der Waals surface area contributed by atoms with E-state index in [0.717, 1.165) is 36.2 Å². The van der Waals surface area contributed by atoms with E-state index in [0.29, 0.717) is 11.8 Å². The van der Waals surface area contributed by atoms with E-state index >= 15 is 0 Å². The predicted octanol–water partition coefficient (Wildman–Crippen LogP) is 3.99. The molecule has 1 saturated heterocycles. The third kappa shape index (κ3) is 2.63. The summed E-state index contributed by atoms with van der Waals surface area (Å²) in [5, 5.41) is 1.15. The summed E-state index contributed by atoms with van der Waals surface area (Å²) in [6.45, 7) is 1.66. The van der Waals surface area contributed by atoms with Gasteiger partial charge < -0.3 is 4.90 Å². The molecule has 1 atom stereocenters. The number of carbonyl (C=O) groups excluding carboxylic acids is 1. The average Bonchev–Trinajstić information content (AvgIpc) is 2.90. The van der Waals surface area contributed by atoms with Crippen molar-refractivity contribution < 1.29 is 4.79 Å². The molecule has 19 heavy (non-hydrogen) atoms. The maximum absolute atomic E-state index is 12.5. The first-order valence-corrected chi connectivity index (χ1v) is 7.97. The zero-order valence-corrected chi connectivity index (χ0v) is 12.2. The predicted molar refractivity (Wildman–Crippen MR) is 81.2 cm³/mol. The lowest BCUT2D eigenvalue weighted by Gasteiger charge is -2.31. The normalized spacial score (nSPS) is 19.8. The Labute approximate surface area is 122 Å². The molecule has 1 aliphatic rings. The highest BCUT2D eigenvalue weighted by molar-refractivity contribution is 7.20. The molecule has 2 heterocycles. The van der Waals surface area contributed by atoms with E-state index in [4.69, 9.17) is 11.6 Å². The number of piperidine rings is 1. The fourth-order valence-corrected chi connectivity index (χ4v) is 3.90. The Balaban J connectivity index is 1.82. The lowest BCUT2D eigenvalue weighted by Crippen LogP contribution is -2.40. The van der Waals surface area contributed by atoms with Crippen molar-refractivity contribution in [2.45, 2.75) is 12.8 Å². The van der Waals surface area contributed by atoms with Crippen LogP contribution in [0.4, 0.5) is 0 Å². The smallest absolute Gasteiger partial charge is 0.263 e. The minimum absolute atomic E-state index is 0.163. The van der Waals surface area contributed by atoms with Gasteiger partial charge in [-0.25, -0.2) is 0 Å². The summed E-state index contributed by atoms with van der Waals surface area (Å²) in [5.74, 6) is 1.26. The number of halogens is 1. The number of fused-ring (bicyclic) bond motifs is 1. The van der Waals surface area contributed by atoms with Gasteiger partial charge in [0.1, 0.15) is 0 Å². The number of likely N-dealkylation sites (tertiary alicyclic amines) is 1. The van der Waals surface area contributed by atoms with E-state index < -0.39 is 0 Å². The first-order chi connectivity index (χ1) is 9.28. The molecular weight excluding hydrogens is 278 g/mol. The molecule has 100 valence electrons. The van der Waals surface area contributed by atoms with E-state index in [2.05, 4.69) is 12.1 Å². The number of carbonyl (C=O) groups is 1. The van der Waals surface area contributed by atoms with E-state index in [1.807, 2.05) is 23.1 Å². The van der Waals surface area contributed by atoms with Gasteiger partial charge in [-0.3, -0.25) is 4.79 Å². The zero-order valence-electron chi connectivity index (χ0n) is 10.6. The van der Waals surface area contributed by atoms with Crippen LogP contribution in [0.15, 0.2) is 30.3 Å². The molecule has 0 saturated carbocycles. The minimum atomic E-state index is 0.163. The highest BCUT2D eigenvalue weighted by Crippen LogP contribution is 2.28. The van der Waals surface area contributed by atoms with E-state index in [-0.39, 0.29) is 5.91 Å². The molecule has 0 bridgehead atoms. The van der Waals surface area contributed by atoms with Crippen molar-refractivity contribution in [1.29, 1.82) is 0 Å². The maximum atomic E-state index is 12.5. The fourth-order valence-electron chi connectivity index (χ4n) is 2.62. The van der Waals surface area contributed by atoms with Crippen LogP contribution in [-0.4, -0.2) is 29.8 Å². The molecule has 1 aromatic carbocycles. The number of amides is 1. The molecule has 3 rings (SSSR count). The Bertz CT molecular complexity index is 562. The number of rotatable bonds is 2. The van der Waals surface area contributed by atoms with Gasteiger partial charge in [0.15, 0.2) is 0 Å². The lowest BCUT2D eigenvalue weighted by molar-refractivity contribution is 0.0690. The van der Waals surface area contributed by atoms with Gasteiger partial charge in [-0.05, 0) is 36.3 Å². The molecule has 0 N–H and O–H groups in total. The number of alkyl halides is 1. The zero-order chi connectivity index (χ0) is 13.2. The average molecular weight is 294 g/mol. The second kappa shape index (κ2) is 5.51. The third-order valence-electron chi connectivity index (χ3n) is 3.66. The molecule has 1 unspecified atom stereocenters. The number of hydrogen-bond donors (Lipinski definition) is 0. The Morgan fingerprint density at radius 2 is 2.26 bits per heavy atom. The quantitative estimate of drug-likeness (QED) is 0.767. The van der Waals surface area contributed by atoms with Crippen LogP contribution in [0.1, 0.15) is 22.5 Å². The first-order valence-electron chi connectivity index (χ1n) is 6.62. The van der Waals surface area contributed by atoms with Crippen LogP contribution >= 0.6 is 22.9 Å². The van der Waals surface area contributed by atoms with E-state index in [9.17, 15) is 4.79 Å². The summed E-state index contributed by atoms with van der Waals surface area (Å²) in [6.07, 6.45) is 2.20. The largest absolute Gasteiger partial charge is 0.338 e. The number of thiophene rings is 1. The number of nitrogens with zero attached hydrogens (tertiary/aromatic N) is 1. The van der Waals surface area contributed by atoms with Gasteiger partial charge >= 0.3 is 0 Å². The van der Waals surface area contributed by atoms with Crippen LogP contribution in [-0.2, 0) is 0 Å². The van der Waals surface area contributed by atoms with Crippen LogP contribution in [0.25, 0.3) is 10.1 Å². The molecule has 0 aliphatic carbocycles. The van der Waals surface area contributed by atoms with Crippen LogP contribution in [0, 0.1) is 5.92 Å². The summed E-state index contributed by atoms with van der Waals surface area (Å²) in [7, 11) is 0. The summed E-state index contributed by atoms with van der Waals surface area (Å²) < 4.78 is 1.18. The molecule has 1 amide bonds. The Morgan fingerprint density at radius 1 is 1.42 bits per heavy atom. The van der Waals surface area contributed by atoms with Crippen LogP contribution < -0.4 is 0 Å². The van der Waals surface area contributed by atoms with Crippen LogP contribution in [0.3, 0.4) is 0 Å². The van der Waals surface area contributed by atoms with E-state index in [1.165, 1.54) is 4.70 Å². The summed E-state index contributed by atoms with van der Waals surface area (Å²) in [6, 6.07) is 10.1. The van der Waals surface area contributed by atoms with Gasteiger partial charge in [-0.2, -0.15) is 0 Å². The molecule has 4 heteroatoms. The van der Waals surface area contributed by atoms with E-state index in [1.54, 1.807) is 11.3 Å². The van der Waals surface area contributed by atoms with Crippen molar-refractivity contribution in [3.8, 4) is 0 Å². The Morgan fingerprint density at radius 3 is 3.05 bits per heavy atom. The molecule has 2 nitrogen and oxygen atoms in total. The summed E-state index contributed by atoms with van der Waals surface area (Å²) in [4.78, 5) is 15.3. The summed E-state index contributed by atoms with van der Waals surface area (Å²) in [5.41, 5.74) is 0. The molecular formula is C15H16ClNOS. The van der Waals surface area contributed by atoms with Gasteiger partial charge in [0.2, 0.25) is 0 Å². The van der Waals surface area contributed by atoms with Crippen molar-refractivity contribution in [2.75, 3.05) is 19.0 Å². The third-order valence-corrected chi connectivity index (χ3v) is 5.20. The van der Waals surface area contributed by atoms with Crippen molar-refractivity contribution in [1.82, 2.24) is 4.90 Å². The molecule has 0 radical (unpaired) electrons. The second-order valence-electron chi connectivity index (χ2n) is 5.06. The van der Waals surface area contributed by atoms with Gasteiger partial charge in [-0.1, -0.05) is 18.2 Å². The molecule has 1 aliphatic heterocycles. The Kier molecular flexibility index (Phi) is 3.76. The fraction of sp³-hybridized carbons (Fsp3) is 0.400. The van der Waals surface area contributed by atoms with Crippen LogP contribution in [0.5, 0.6) is 0 Å². The standard InChI is InChI=1S/C15H16ClNOS/c16-9-11-4-3-7-17(10-11)15(18)14-8-12-5-1-2-6-13(12)19-14/h1-2,5-6,8,11H,3-4,7,9-10H2. The Hall–Kier alpha value is -1.06. The van der Waals surface area contributed by atoms with Crippen molar-refractivity contribution in [3.63, 3.8) is 0 Å². The van der Waals surface area contributed by atoms with Gasteiger partial charge in [0.05, 0.1) is 4.88 Å². The minimum Gasteiger partial charge on any atom is -0.338 e. The molecule has 0 spiro atoms. The molecule has 1 fully saturated rings. The van der Waals surface area contributed by atoms with Gasteiger partial charge in [0.25, 0.3) is 5.91 Å². The first kappa shape index (κ1) is 12.9. The van der Waals surface area contributed by atoms with Gasteiger partial charge in [0, 0.05) is 23.7 Å². The highest BCUT2D eigenvalue weighted by Gasteiger charge is 2.24. The van der Waals surface area contributed by atoms with Gasteiger partial charge in [-0.15, -0.1) is 22.9 Å². The van der Waals surface area contributed by atoms with Crippen LogP contribution in [0.2, 0.25) is 0 Å².